The predicted molar refractivity (Wildman–Crippen MR) is 76.1 cm³/mol. The molecule has 2 aliphatic rings. The highest BCUT2D eigenvalue weighted by atomic mass is 16.5. The number of anilines is 2. The first-order valence-electron chi connectivity index (χ1n) is 7.03. The number of hydrogen-bond donors (Lipinski definition) is 0. The van der Waals surface area contributed by atoms with Gasteiger partial charge in [-0.25, -0.2) is 14.8 Å². The number of carbonyl (C=O) groups excluding carboxylic acids is 1. The summed E-state index contributed by atoms with van der Waals surface area (Å²) < 4.78 is 4.73. The highest BCUT2D eigenvalue weighted by molar-refractivity contribution is 5.88. The monoisotopic (exact) mass is 276 g/mol. The van der Waals surface area contributed by atoms with Crippen LogP contribution < -0.4 is 9.80 Å². The molecule has 3 rings (SSSR count). The van der Waals surface area contributed by atoms with Crippen LogP contribution in [0.4, 0.5) is 11.6 Å². The van der Waals surface area contributed by atoms with Gasteiger partial charge in [-0.3, -0.25) is 0 Å². The van der Waals surface area contributed by atoms with Crippen molar-refractivity contribution in [2.45, 2.75) is 13.8 Å². The van der Waals surface area contributed by atoms with Crippen molar-refractivity contribution in [3.05, 3.63) is 11.9 Å². The van der Waals surface area contributed by atoms with E-state index in [4.69, 9.17) is 4.74 Å². The van der Waals surface area contributed by atoms with Crippen molar-refractivity contribution in [1.82, 2.24) is 9.97 Å². The van der Waals surface area contributed by atoms with Gasteiger partial charge in [0.25, 0.3) is 0 Å². The first-order valence-corrected chi connectivity index (χ1v) is 7.03. The molecule has 0 atom stereocenters. The Morgan fingerprint density at radius 2 is 1.70 bits per heavy atom. The Hall–Kier alpha value is -1.85. The van der Waals surface area contributed by atoms with Crippen molar-refractivity contribution in [2.75, 3.05) is 43.1 Å². The largest absolute Gasteiger partial charge is 0.464 e. The Kier molecular flexibility index (Phi) is 3.23. The zero-order chi connectivity index (χ0) is 14.3. The molecule has 0 unspecified atom stereocenters. The molecule has 0 amide bonds. The maximum atomic E-state index is 11.6. The average molecular weight is 276 g/mol. The number of nitrogens with zero attached hydrogens (tertiary/aromatic N) is 4. The van der Waals surface area contributed by atoms with Gasteiger partial charge in [-0.15, -0.1) is 0 Å². The Morgan fingerprint density at radius 3 is 2.20 bits per heavy atom. The molecule has 108 valence electrons. The molecule has 1 aromatic heterocycles. The van der Waals surface area contributed by atoms with Crippen LogP contribution in [0.1, 0.15) is 24.3 Å². The van der Waals surface area contributed by atoms with Crippen molar-refractivity contribution < 1.29 is 9.53 Å². The van der Waals surface area contributed by atoms with E-state index >= 15 is 0 Å². The van der Waals surface area contributed by atoms with Crippen molar-refractivity contribution in [2.24, 2.45) is 11.8 Å². The number of esters is 1. The van der Waals surface area contributed by atoms with Gasteiger partial charge >= 0.3 is 5.97 Å². The third-order valence-corrected chi connectivity index (χ3v) is 3.86. The molecule has 0 radical (unpaired) electrons. The minimum absolute atomic E-state index is 0.277. The minimum atomic E-state index is -0.434. The summed E-state index contributed by atoms with van der Waals surface area (Å²) in [6, 6.07) is 0. The summed E-state index contributed by atoms with van der Waals surface area (Å²) in [5.41, 5.74) is 0.277. The second-order valence-corrected chi connectivity index (χ2v) is 5.91. The summed E-state index contributed by atoms with van der Waals surface area (Å²) >= 11 is 0. The lowest BCUT2D eigenvalue weighted by atomic mass is 10.0. The van der Waals surface area contributed by atoms with Crippen molar-refractivity contribution in [3.8, 4) is 0 Å². The lowest BCUT2D eigenvalue weighted by Crippen LogP contribution is -2.50. The Balaban J connectivity index is 1.90. The second kappa shape index (κ2) is 4.92. The van der Waals surface area contributed by atoms with Crippen LogP contribution in [-0.2, 0) is 4.74 Å². The molecule has 0 aliphatic carbocycles. The number of carbonyl (C=O) groups is 1. The van der Waals surface area contributed by atoms with Crippen LogP contribution in [0.25, 0.3) is 0 Å². The van der Waals surface area contributed by atoms with Gasteiger partial charge in [0.05, 0.1) is 13.3 Å². The summed E-state index contributed by atoms with van der Waals surface area (Å²) in [5, 5.41) is 0. The van der Waals surface area contributed by atoms with Gasteiger partial charge in [0.15, 0.2) is 17.3 Å². The molecule has 0 saturated carbocycles. The SMILES string of the molecule is COC(=O)c1cnc(N2CC(C)C2)c(N2CC(C)C2)n1. The van der Waals surface area contributed by atoms with Crippen LogP contribution >= 0.6 is 0 Å². The number of methoxy groups -OCH3 is 1. The fourth-order valence-corrected chi connectivity index (χ4v) is 2.75. The molecule has 0 spiro atoms. The zero-order valence-corrected chi connectivity index (χ0v) is 12.2. The highest BCUT2D eigenvalue weighted by Crippen LogP contribution is 2.34. The maximum absolute atomic E-state index is 11.6. The van der Waals surface area contributed by atoms with E-state index in [1.54, 1.807) is 0 Å². The third-order valence-electron chi connectivity index (χ3n) is 3.86. The smallest absolute Gasteiger partial charge is 0.358 e. The lowest BCUT2D eigenvalue weighted by molar-refractivity contribution is 0.0593. The minimum Gasteiger partial charge on any atom is -0.464 e. The summed E-state index contributed by atoms with van der Waals surface area (Å²) in [7, 11) is 1.36. The van der Waals surface area contributed by atoms with E-state index in [2.05, 4.69) is 33.6 Å². The van der Waals surface area contributed by atoms with Gasteiger partial charge in [-0.2, -0.15) is 0 Å². The Morgan fingerprint density at radius 1 is 1.15 bits per heavy atom. The van der Waals surface area contributed by atoms with E-state index in [0.717, 1.165) is 37.8 Å². The fraction of sp³-hybridized carbons (Fsp3) is 0.643. The van der Waals surface area contributed by atoms with Gasteiger partial charge in [0.1, 0.15) is 0 Å². The van der Waals surface area contributed by atoms with E-state index in [1.165, 1.54) is 13.3 Å². The van der Waals surface area contributed by atoms with E-state index in [1.807, 2.05) is 0 Å². The van der Waals surface area contributed by atoms with Gasteiger partial charge in [0, 0.05) is 26.2 Å². The topological polar surface area (TPSA) is 58.6 Å². The number of rotatable bonds is 3. The molecule has 0 N–H and O–H groups in total. The molecule has 20 heavy (non-hydrogen) atoms. The number of hydrogen-bond acceptors (Lipinski definition) is 6. The second-order valence-electron chi connectivity index (χ2n) is 5.91. The molecule has 0 bridgehead atoms. The standard InChI is InChI=1S/C14H20N4O2/c1-9-5-17(6-9)12-13(18-7-10(2)8-18)16-11(4-15-12)14(19)20-3/h4,9-10H,5-8H2,1-3H3. The van der Waals surface area contributed by atoms with Crippen LogP contribution in [0.15, 0.2) is 6.20 Å². The van der Waals surface area contributed by atoms with Gasteiger partial charge in [-0.1, -0.05) is 13.8 Å². The molecule has 0 aromatic carbocycles. The number of ether oxygens (including phenoxy) is 1. The van der Waals surface area contributed by atoms with Crippen LogP contribution in [0.5, 0.6) is 0 Å². The predicted octanol–water partition coefficient (Wildman–Crippen LogP) is 1.18. The van der Waals surface area contributed by atoms with E-state index in [0.29, 0.717) is 11.8 Å². The first kappa shape index (κ1) is 13.1. The molecule has 1 aromatic rings. The van der Waals surface area contributed by atoms with Crippen LogP contribution in [0.3, 0.4) is 0 Å². The Bertz CT molecular complexity index is 522. The molecule has 2 aliphatic heterocycles. The van der Waals surface area contributed by atoms with Crippen LogP contribution in [0.2, 0.25) is 0 Å². The molecule has 6 nitrogen and oxygen atoms in total. The Labute approximate surface area is 118 Å². The van der Waals surface area contributed by atoms with Gasteiger partial charge in [-0.05, 0) is 11.8 Å². The van der Waals surface area contributed by atoms with E-state index in [-0.39, 0.29) is 5.69 Å². The van der Waals surface area contributed by atoms with Crippen LogP contribution in [0, 0.1) is 11.8 Å². The van der Waals surface area contributed by atoms with Crippen molar-refractivity contribution in [3.63, 3.8) is 0 Å². The summed E-state index contributed by atoms with van der Waals surface area (Å²) in [6.07, 6.45) is 1.51. The van der Waals surface area contributed by atoms with E-state index < -0.39 is 5.97 Å². The summed E-state index contributed by atoms with van der Waals surface area (Å²) in [4.78, 5) is 24.9. The molecule has 2 fully saturated rings. The number of aromatic nitrogens is 2. The third kappa shape index (κ3) is 2.19. The van der Waals surface area contributed by atoms with Crippen LogP contribution in [-0.4, -0.2) is 49.2 Å². The lowest BCUT2D eigenvalue weighted by Gasteiger charge is -2.43. The first-order chi connectivity index (χ1) is 9.58. The van der Waals surface area contributed by atoms with Gasteiger partial charge < -0.3 is 14.5 Å². The highest BCUT2D eigenvalue weighted by Gasteiger charge is 2.32. The molecular weight excluding hydrogens is 256 g/mol. The van der Waals surface area contributed by atoms with Crippen molar-refractivity contribution in [1.29, 1.82) is 0 Å². The summed E-state index contributed by atoms with van der Waals surface area (Å²) in [6.45, 7) is 8.37. The van der Waals surface area contributed by atoms with Gasteiger partial charge in [0.2, 0.25) is 0 Å². The summed E-state index contributed by atoms with van der Waals surface area (Å²) in [5.74, 6) is 2.64. The normalized spacial score (nSPS) is 19.6. The fourth-order valence-electron chi connectivity index (χ4n) is 2.75. The molecular formula is C14H20N4O2. The van der Waals surface area contributed by atoms with E-state index in [9.17, 15) is 4.79 Å². The molecule has 2 saturated heterocycles. The maximum Gasteiger partial charge on any atom is 0.358 e. The quantitative estimate of drug-likeness (QED) is 0.773. The average Bonchev–Trinajstić information content (AvgIpc) is 2.39. The van der Waals surface area contributed by atoms with Crippen molar-refractivity contribution >= 4 is 17.6 Å². The molecule has 3 heterocycles. The molecule has 6 heteroatoms. The zero-order valence-electron chi connectivity index (χ0n) is 12.2.